The average molecular weight is 708 g/mol. The summed E-state index contributed by atoms with van der Waals surface area (Å²) in [5.41, 5.74) is 1.56. The van der Waals surface area contributed by atoms with Crippen molar-refractivity contribution >= 4 is 134 Å². The first-order valence-electron chi connectivity index (χ1n) is 10.9. The van der Waals surface area contributed by atoms with Gasteiger partial charge in [-0.15, -0.1) is 70.6 Å². The summed E-state index contributed by atoms with van der Waals surface area (Å²) in [5, 5.41) is 15.6. The predicted octanol–water partition coefficient (Wildman–Crippen LogP) is 5.37. The Hall–Kier alpha value is 1.83. The molecule has 0 aliphatic heterocycles. The normalized spacial score (nSPS) is 12.5. The van der Waals surface area contributed by atoms with Crippen LogP contribution < -0.4 is 5.32 Å². The molecule has 0 saturated heterocycles. The molecule has 0 aromatic rings. The molecule has 0 rings (SSSR count). The van der Waals surface area contributed by atoms with E-state index in [1.165, 1.54) is 29.9 Å². The van der Waals surface area contributed by atoms with E-state index in [1.54, 1.807) is 17.3 Å². The average Bonchev–Trinajstić information content (AvgIpc) is 2.89. The second-order valence-corrected chi connectivity index (χ2v) is 18.1. The monoisotopic (exact) mass is 707 g/mol. The molecule has 1 unspecified atom stereocenters. The van der Waals surface area contributed by atoms with Gasteiger partial charge >= 0.3 is 0 Å². The van der Waals surface area contributed by atoms with Crippen LogP contribution in [0, 0.1) is 0 Å². The Morgan fingerprint density at radius 3 is 2.35 bits per heavy atom. The van der Waals surface area contributed by atoms with E-state index < -0.39 is 10.8 Å². The number of nitrogens with zero attached hydrogens (tertiary/aromatic N) is 2. The van der Waals surface area contributed by atoms with Crippen LogP contribution in [0.5, 0.6) is 0 Å². The summed E-state index contributed by atoms with van der Waals surface area (Å²) in [6.45, 7) is 1.38. The van der Waals surface area contributed by atoms with Crippen molar-refractivity contribution in [1.29, 1.82) is 0 Å². The number of aliphatic hydroxyl groups is 1. The number of rotatable bonds is 28. The van der Waals surface area contributed by atoms with Gasteiger partial charge in [-0.05, 0) is 6.26 Å². The molecular formula is C19H37N3O5S10. The van der Waals surface area contributed by atoms with E-state index in [1.807, 2.05) is 76.8 Å². The van der Waals surface area contributed by atoms with Gasteiger partial charge in [0.15, 0.2) is 0 Å². The van der Waals surface area contributed by atoms with E-state index in [4.69, 9.17) is 14.9 Å². The van der Waals surface area contributed by atoms with Crippen LogP contribution in [0.15, 0.2) is 9.98 Å². The Kier molecular flexibility index (Phi) is 35.7. The van der Waals surface area contributed by atoms with Gasteiger partial charge in [-0.1, -0.05) is 11.8 Å². The molecule has 0 aliphatic carbocycles. The summed E-state index contributed by atoms with van der Waals surface area (Å²) in [7, 11) is -0.945. The minimum absolute atomic E-state index is 0.00429. The number of aliphatic hydroxyl groups excluding tert-OH is 1. The quantitative estimate of drug-likeness (QED) is 0.0272. The number of carbonyl (C=O) groups excluding carboxylic acids is 1. The summed E-state index contributed by atoms with van der Waals surface area (Å²) in [6.07, 6.45) is 3.26. The van der Waals surface area contributed by atoms with Crippen LogP contribution >= 0.6 is 106 Å². The largest absolute Gasteiger partial charge is 0.386 e. The third-order valence-electron chi connectivity index (χ3n) is 3.24. The maximum atomic E-state index is 11.9. The van der Waals surface area contributed by atoms with Gasteiger partial charge in [0.25, 0.3) is 5.24 Å². The van der Waals surface area contributed by atoms with Crippen molar-refractivity contribution in [2.24, 2.45) is 9.98 Å². The molecule has 0 heterocycles. The molecule has 1 amide bonds. The van der Waals surface area contributed by atoms with Crippen LogP contribution in [0.25, 0.3) is 0 Å². The van der Waals surface area contributed by atoms with Crippen LogP contribution in [-0.2, 0) is 20.6 Å². The maximum Gasteiger partial charge on any atom is 0.279 e. The minimum atomic E-state index is -0.945. The molecule has 0 aliphatic rings. The lowest BCUT2D eigenvalue weighted by Gasteiger charge is -2.05. The second-order valence-electron chi connectivity index (χ2n) is 6.04. The predicted molar refractivity (Wildman–Crippen MR) is 185 cm³/mol. The van der Waals surface area contributed by atoms with Gasteiger partial charge in [0, 0.05) is 61.4 Å². The highest BCUT2D eigenvalue weighted by atomic mass is 32.2. The fraction of sp³-hybridized carbons (Fsp3) is 0.842. The van der Waals surface area contributed by atoms with Crippen LogP contribution in [0.2, 0.25) is 0 Å². The molecule has 0 aromatic carbocycles. The fourth-order valence-corrected chi connectivity index (χ4v) is 10.9. The van der Waals surface area contributed by atoms with Gasteiger partial charge in [0.05, 0.1) is 34.7 Å². The van der Waals surface area contributed by atoms with Crippen molar-refractivity contribution in [2.75, 3.05) is 92.0 Å². The van der Waals surface area contributed by atoms with Crippen molar-refractivity contribution in [3.05, 3.63) is 0 Å². The Morgan fingerprint density at radius 1 is 0.919 bits per heavy atom. The highest BCUT2D eigenvalue weighted by Crippen LogP contribution is 2.19. The molecule has 0 spiro atoms. The molecule has 0 saturated carbocycles. The molecule has 2 N–H and O–H groups in total. The lowest BCUT2D eigenvalue weighted by Crippen LogP contribution is -2.22. The van der Waals surface area contributed by atoms with Crippen LogP contribution in [0.3, 0.4) is 0 Å². The Bertz CT molecular complexity index is 597. The minimum Gasteiger partial charge on any atom is -0.386 e. The lowest BCUT2D eigenvalue weighted by molar-refractivity contribution is -0.196. The fourth-order valence-electron chi connectivity index (χ4n) is 1.72. The van der Waals surface area contributed by atoms with Crippen molar-refractivity contribution in [1.82, 2.24) is 5.32 Å². The first-order chi connectivity index (χ1) is 18.2. The molecule has 1 atom stereocenters. The molecular weight excluding hydrogens is 671 g/mol. The first kappa shape index (κ1) is 38.8. The Balaban J connectivity index is 3.26. The zero-order chi connectivity index (χ0) is 27.1. The topological polar surface area (TPSA) is 110 Å². The SMILES string of the molecule is CSC/N=C\S(=O)CCSCSCSCCSC(=O)NCCSCSCSCCN=COOCSCO. The van der Waals surface area contributed by atoms with E-state index in [2.05, 4.69) is 15.3 Å². The van der Waals surface area contributed by atoms with Gasteiger partial charge in [-0.3, -0.25) is 19.0 Å². The van der Waals surface area contributed by atoms with E-state index in [9.17, 15) is 9.00 Å². The molecule has 0 bridgehead atoms. The zero-order valence-electron chi connectivity index (χ0n) is 20.8. The number of carbonyl (C=O) groups is 1. The molecule has 18 heteroatoms. The van der Waals surface area contributed by atoms with Crippen LogP contribution in [0.1, 0.15) is 0 Å². The number of thioether (sulfide) groups is 9. The zero-order valence-corrected chi connectivity index (χ0v) is 29.0. The highest BCUT2D eigenvalue weighted by molar-refractivity contribution is 8.23. The number of amides is 1. The first-order valence-corrected chi connectivity index (χ1v) is 22.7. The Morgan fingerprint density at radius 2 is 1.62 bits per heavy atom. The van der Waals surface area contributed by atoms with E-state index >= 15 is 0 Å². The van der Waals surface area contributed by atoms with Crippen molar-refractivity contribution < 1.29 is 23.9 Å². The molecule has 0 aromatic heterocycles. The van der Waals surface area contributed by atoms with E-state index in [0.29, 0.717) is 24.7 Å². The summed E-state index contributed by atoms with van der Waals surface area (Å²) in [5.74, 6) is 6.12. The molecule has 218 valence electrons. The highest BCUT2D eigenvalue weighted by Gasteiger charge is 2.02. The summed E-state index contributed by atoms with van der Waals surface area (Å²) in [6, 6.07) is 0. The van der Waals surface area contributed by atoms with E-state index in [-0.39, 0.29) is 17.1 Å². The standard InChI is InChI=1S/C19H37N3O5S10/c1-28-11-21-12-37(25)9-8-32-18-35-17-31-6-7-36-19(24)22-3-5-30-16-34-15-29-4-2-20-10-26-27-14-33-13-23/h10,12,23H,2-9,11,13-18H2,1H3,(H,22,24)/b20-10?,21-12-. The summed E-state index contributed by atoms with van der Waals surface area (Å²) in [4.78, 5) is 29.5. The third kappa shape index (κ3) is 33.9. The molecule has 0 radical (unpaired) electrons. The van der Waals surface area contributed by atoms with Crippen LogP contribution in [-0.4, -0.2) is 118 Å². The van der Waals surface area contributed by atoms with Gasteiger partial charge in [-0.2, -0.15) is 28.4 Å². The summed E-state index contributed by atoms with van der Waals surface area (Å²) < 4.78 is 11.7. The van der Waals surface area contributed by atoms with Gasteiger partial charge in [0.2, 0.25) is 6.40 Å². The Labute approximate surface area is 262 Å². The second kappa shape index (κ2) is 34.0. The van der Waals surface area contributed by atoms with Crippen LogP contribution in [0.4, 0.5) is 4.79 Å². The number of nitrogens with one attached hydrogen (secondary N) is 1. The number of hydrogen-bond acceptors (Lipinski definition) is 16. The number of aliphatic imine (C=N–C) groups is 2. The summed E-state index contributed by atoms with van der Waals surface area (Å²) >= 11 is 15.2. The van der Waals surface area contributed by atoms with Gasteiger partial charge < -0.3 is 15.3 Å². The van der Waals surface area contributed by atoms with Crippen molar-refractivity contribution in [2.45, 2.75) is 0 Å². The number of hydrogen-bond donors (Lipinski definition) is 2. The van der Waals surface area contributed by atoms with Gasteiger partial charge in [0.1, 0.15) is 5.94 Å². The lowest BCUT2D eigenvalue weighted by atomic mass is 10.8. The smallest absolute Gasteiger partial charge is 0.279 e. The van der Waals surface area contributed by atoms with Crippen molar-refractivity contribution in [3.8, 4) is 0 Å². The molecule has 8 nitrogen and oxygen atoms in total. The van der Waals surface area contributed by atoms with Crippen molar-refractivity contribution in [3.63, 3.8) is 0 Å². The maximum absolute atomic E-state index is 11.9. The van der Waals surface area contributed by atoms with E-state index in [0.717, 1.165) is 49.1 Å². The third-order valence-corrected chi connectivity index (χ3v) is 13.7. The molecule has 0 fully saturated rings. The molecule has 37 heavy (non-hydrogen) atoms. The van der Waals surface area contributed by atoms with Gasteiger partial charge in [-0.25, -0.2) is 0 Å².